The highest BCUT2D eigenvalue weighted by Gasteiger charge is 2.21. The maximum Gasteiger partial charge on any atom is 0.328 e. The topological polar surface area (TPSA) is 92.2 Å². The summed E-state index contributed by atoms with van der Waals surface area (Å²) in [6, 6.07) is 21.1. The molecule has 0 aliphatic carbocycles. The number of amides is 3. The highest BCUT2D eigenvalue weighted by Crippen LogP contribution is 2.24. The standard InChI is InChI=1S/C27H24BrClN4O3/c1-2-3-4-17-5-10-21(11-6-17)31-26(35)27(36)32-33-23-14-9-20(29)15-18(23)16-24(33)25(34)30-22-12-7-19(28)8-13-22/h5-16H,2-4H2,1H3,(H,30,34)(H,31,35)(H,32,36). The van der Waals surface area contributed by atoms with E-state index in [0.29, 0.717) is 27.3 Å². The first-order valence-electron chi connectivity index (χ1n) is 11.4. The summed E-state index contributed by atoms with van der Waals surface area (Å²) in [6.45, 7) is 2.13. The van der Waals surface area contributed by atoms with E-state index in [2.05, 4.69) is 38.9 Å². The van der Waals surface area contributed by atoms with Crippen molar-refractivity contribution in [1.82, 2.24) is 4.68 Å². The molecule has 4 aromatic rings. The van der Waals surface area contributed by atoms with E-state index in [1.807, 2.05) is 12.1 Å². The second kappa shape index (κ2) is 11.4. The molecule has 3 amide bonds. The van der Waals surface area contributed by atoms with Gasteiger partial charge in [-0.15, -0.1) is 0 Å². The van der Waals surface area contributed by atoms with Crippen LogP contribution < -0.4 is 16.1 Å². The Hall–Kier alpha value is -3.62. The number of hydrogen-bond acceptors (Lipinski definition) is 3. The number of aromatic nitrogens is 1. The maximum absolute atomic E-state index is 13.1. The lowest BCUT2D eigenvalue weighted by Crippen LogP contribution is -2.36. The molecular formula is C27H24BrClN4O3. The maximum atomic E-state index is 13.1. The van der Waals surface area contributed by atoms with Gasteiger partial charge in [0.2, 0.25) is 0 Å². The molecule has 0 aliphatic rings. The molecule has 184 valence electrons. The summed E-state index contributed by atoms with van der Waals surface area (Å²) in [5.41, 5.74) is 5.44. The van der Waals surface area contributed by atoms with Gasteiger partial charge < -0.3 is 10.6 Å². The minimum absolute atomic E-state index is 0.136. The van der Waals surface area contributed by atoms with E-state index < -0.39 is 17.7 Å². The number of unbranched alkanes of at least 4 members (excludes halogenated alkanes) is 1. The predicted molar refractivity (Wildman–Crippen MR) is 147 cm³/mol. The molecule has 0 saturated heterocycles. The molecule has 9 heteroatoms. The molecule has 3 N–H and O–H groups in total. The largest absolute Gasteiger partial charge is 0.328 e. The third-order valence-corrected chi connectivity index (χ3v) is 6.31. The molecule has 0 radical (unpaired) electrons. The lowest BCUT2D eigenvalue weighted by atomic mass is 10.1. The lowest BCUT2D eigenvalue weighted by molar-refractivity contribution is -0.133. The van der Waals surface area contributed by atoms with Crippen molar-refractivity contribution in [2.75, 3.05) is 16.1 Å². The van der Waals surface area contributed by atoms with E-state index >= 15 is 0 Å². The fourth-order valence-corrected chi connectivity index (χ4v) is 4.12. The number of carbonyl (C=O) groups excluding carboxylic acids is 3. The second-order valence-electron chi connectivity index (χ2n) is 8.22. The van der Waals surface area contributed by atoms with Gasteiger partial charge in [-0.2, -0.15) is 0 Å². The minimum atomic E-state index is -0.921. The van der Waals surface area contributed by atoms with Crippen molar-refractivity contribution in [2.45, 2.75) is 26.2 Å². The molecule has 1 heterocycles. The predicted octanol–water partition coefficient (Wildman–Crippen LogP) is 6.36. The summed E-state index contributed by atoms with van der Waals surface area (Å²) >= 11 is 9.49. The Kier molecular flexibility index (Phi) is 8.07. The van der Waals surface area contributed by atoms with Crippen LogP contribution in [0.5, 0.6) is 0 Å². The van der Waals surface area contributed by atoms with Gasteiger partial charge >= 0.3 is 11.8 Å². The normalized spacial score (nSPS) is 10.8. The quantitative estimate of drug-likeness (QED) is 0.227. The molecule has 3 aromatic carbocycles. The molecule has 0 bridgehead atoms. The Morgan fingerprint density at radius 2 is 1.53 bits per heavy atom. The van der Waals surface area contributed by atoms with E-state index in [4.69, 9.17) is 11.6 Å². The molecule has 0 unspecified atom stereocenters. The van der Waals surface area contributed by atoms with Crippen LogP contribution >= 0.6 is 27.5 Å². The number of fused-ring (bicyclic) bond motifs is 1. The number of halogens is 2. The average Bonchev–Trinajstić information content (AvgIpc) is 3.22. The first kappa shape index (κ1) is 25.5. The van der Waals surface area contributed by atoms with E-state index in [-0.39, 0.29) is 5.69 Å². The number of nitrogens with zero attached hydrogens (tertiary/aromatic N) is 1. The van der Waals surface area contributed by atoms with Gasteiger partial charge in [-0.3, -0.25) is 19.8 Å². The van der Waals surface area contributed by atoms with Crippen molar-refractivity contribution < 1.29 is 14.4 Å². The Balaban J connectivity index is 1.54. The first-order valence-corrected chi connectivity index (χ1v) is 12.6. The molecular weight excluding hydrogens is 544 g/mol. The Bertz CT molecular complexity index is 1420. The van der Waals surface area contributed by atoms with E-state index in [9.17, 15) is 14.4 Å². The fourth-order valence-electron chi connectivity index (χ4n) is 3.68. The van der Waals surface area contributed by atoms with Crippen molar-refractivity contribution >= 4 is 67.5 Å². The third-order valence-electron chi connectivity index (χ3n) is 5.55. The summed E-state index contributed by atoms with van der Waals surface area (Å²) in [7, 11) is 0. The van der Waals surface area contributed by atoms with Gasteiger partial charge in [0.15, 0.2) is 0 Å². The van der Waals surface area contributed by atoms with Crippen molar-refractivity contribution in [2.24, 2.45) is 0 Å². The molecule has 4 rings (SSSR count). The van der Waals surface area contributed by atoms with Crippen LogP contribution in [-0.4, -0.2) is 22.4 Å². The van der Waals surface area contributed by atoms with Crippen LogP contribution in [0.15, 0.2) is 77.3 Å². The van der Waals surface area contributed by atoms with E-state index in [1.165, 1.54) is 10.2 Å². The zero-order valence-electron chi connectivity index (χ0n) is 19.5. The Morgan fingerprint density at radius 1 is 0.861 bits per heavy atom. The average molecular weight is 568 g/mol. The molecule has 0 saturated carbocycles. The van der Waals surface area contributed by atoms with Gasteiger partial charge in [-0.25, -0.2) is 4.68 Å². The van der Waals surface area contributed by atoms with Crippen LogP contribution in [0.3, 0.4) is 0 Å². The van der Waals surface area contributed by atoms with Gasteiger partial charge in [0.1, 0.15) is 5.69 Å². The number of rotatable bonds is 7. The number of aryl methyl sites for hydroxylation is 1. The molecule has 36 heavy (non-hydrogen) atoms. The summed E-state index contributed by atoms with van der Waals surface area (Å²) in [5.74, 6) is -2.24. The first-order chi connectivity index (χ1) is 17.3. The SMILES string of the molecule is CCCCc1ccc(NC(=O)C(=O)Nn2c(C(=O)Nc3ccc(Br)cc3)cc3cc(Cl)ccc32)cc1. The second-order valence-corrected chi connectivity index (χ2v) is 9.58. The van der Waals surface area contributed by atoms with Crippen molar-refractivity contribution in [1.29, 1.82) is 0 Å². The van der Waals surface area contributed by atoms with Crippen LogP contribution in [0.25, 0.3) is 10.9 Å². The fraction of sp³-hybridized carbons (Fsp3) is 0.148. The molecule has 0 atom stereocenters. The van der Waals surface area contributed by atoms with Crippen molar-refractivity contribution in [3.05, 3.63) is 93.5 Å². The molecule has 7 nitrogen and oxygen atoms in total. The lowest BCUT2D eigenvalue weighted by Gasteiger charge is -2.13. The third kappa shape index (κ3) is 6.13. The van der Waals surface area contributed by atoms with Gasteiger partial charge in [0, 0.05) is 26.3 Å². The van der Waals surface area contributed by atoms with Crippen LogP contribution in [0, 0.1) is 0 Å². The number of benzene rings is 3. The zero-order valence-corrected chi connectivity index (χ0v) is 21.8. The van der Waals surface area contributed by atoms with Crippen molar-refractivity contribution in [3.8, 4) is 0 Å². The van der Waals surface area contributed by atoms with Crippen LogP contribution in [0.1, 0.15) is 35.8 Å². The number of anilines is 2. The van der Waals surface area contributed by atoms with E-state index in [0.717, 1.165) is 23.7 Å². The van der Waals surface area contributed by atoms with Gasteiger partial charge in [-0.05, 0) is 79.1 Å². The summed E-state index contributed by atoms with van der Waals surface area (Å²) in [5, 5.41) is 6.51. The highest BCUT2D eigenvalue weighted by molar-refractivity contribution is 9.10. The van der Waals surface area contributed by atoms with Crippen LogP contribution in [0.4, 0.5) is 11.4 Å². The van der Waals surface area contributed by atoms with Gasteiger partial charge in [0.25, 0.3) is 5.91 Å². The van der Waals surface area contributed by atoms with Gasteiger partial charge in [0.05, 0.1) is 5.52 Å². The van der Waals surface area contributed by atoms with Crippen LogP contribution in [0.2, 0.25) is 5.02 Å². The monoisotopic (exact) mass is 566 g/mol. The van der Waals surface area contributed by atoms with E-state index in [1.54, 1.807) is 60.7 Å². The Morgan fingerprint density at radius 3 is 2.22 bits per heavy atom. The summed E-state index contributed by atoms with van der Waals surface area (Å²) < 4.78 is 2.16. The minimum Gasteiger partial charge on any atom is -0.321 e. The number of hydrogen-bond donors (Lipinski definition) is 3. The summed E-state index contributed by atoms with van der Waals surface area (Å²) in [4.78, 5) is 38.5. The molecule has 0 aliphatic heterocycles. The summed E-state index contributed by atoms with van der Waals surface area (Å²) in [6.07, 6.45) is 3.14. The number of nitrogens with one attached hydrogen (secondary N) is 3. The van der Waals surface area contributed by atoms with Gasteiger partial charge in [-0.1, -0.05) is 53.0 Å². The Labute approximate surface area is 221 Å². The van der Waals surface area contributed by atoms with Crippen LogP contribution in [-0.2, 0) is 16.0 Å². The molecule has 0 fully saturated rings. The highest BCUT2D eigenvalue weighted by atomic mass is 79.9. The van der Waals surface area contributed by atoms with Crippen molar-refractivity contribution in [3.63, 3.8) is 0 Å². The smallest absolute Gasteiger partial charge is 0.321 e. The molecule has 0 spiro atoms. The number of carbonyl (C=O) groups is 3. The molecule has 1 aromatic heterocycles. The zero-order chi connectivity index (χ0) is 25.7.